The standard InChI is InChI=1S/C12H16N4O2S/c1-8-5-4-6-9(2)11(8)15-19(17,18)10-7-16(3)14-12(10)13/h4-7,15H,1-3H3,(H2,13,14). The molecule has 1 aromatic carbocycles. The predicted octanol–water partition coefficient (Wildman–Crippen LogP) is 1.42. The quantitative estimate of drug-likeness (QED) is 0.889. The average molecular weight is 280 g/mol. The van der Waals surface area contributed by atoms with Crippen LogP contribution in [0.25, 0.3) is 0 Å². The molecule has 19 heavy (non-hydrogen) atoms. The number of nitrogen functional groups attached to an aromatic ring is 1. The molecule has 1 aromatic heterocycles. The van der Waals surface area contributed by atoms with Crippen molar-refractivity contribution in [2.75, 3.05) is 10.5 Å². The van der Waals surface area contributed by atoms with Gasteiger partial charge in [0.05, 0.1) is 5.69 Å². The van der Waals surface area contributed by atoms with E-state index < -0.39 is 10.0 Å². The number of nitrogens with one attached hydrogen (secondary N) is 1. The molecule has 2 aromatic rings. The third-order valence-corrected chi connectivity index (χ3v) is 4.20. The van der Waals surface area contributed by atoms with E-state index in [2.05, 4.69) is 9.82 Å². The number of aryl methyl sites for hydroxylation is 3. The molecule has 7 heteroatoms. The molecular formula is C12H16N4O2S. The van der Waals surface area contributed by atoms with E-state index in [0.29, 0.717) is 5.69 Å². The summed E-state index contributed by atoms with van der Waals surface area (Å²) in [7, 11) is -2.11. The van der Waals surface area contributed by atoms with E-state index in [0.717, 1.165) is 11.1 Å². The molecule has 0 saturated heterocycles. The lowest BCUT2D eigenvalue weighted by Gasteiger charge is -2.12. The third kappa shape index (κ3) is 2.55. The van der Waals surface area contributed by atoms with Gasteiger partial charge in [-0.15, -0.1) is 0 Å². The molecule has 6 nitrogen and oxygen atoms in total. The summed E-state index contributed by atoms with van der Waals surface area (Å²) < 4.78 is 28.5. The van der Waals surface area contributed by atoms with Crippen LogP contribution in [0.3, 0.4) is 0 Å². The summed E-state index contributed by atoms with van der Waals surface area (Å²) in [5, 5.41) is 3.84. The molecule has 3 N–H and O–H groups in total. The van der Waals surface area contributed by atoms with Gasteiger partial charge in [0.25, 0.3) is 10.0 Å². The van der Waals surface area contributed by atoms with E-state index in [4.69, 9.17) is 5.73 Å². The molecule has 1 heterocycles. The summed E-state index contributed by atoms with van der Waals surface area (Å²) in [5.41, 5.74) is 7.89. The lowest BCUT2D eigenvalue weighted by Crippen LogP contribution is -2.15. The Hall–Kier alpha value is -2.02. The summed E-state index contributed by atoms with van der Waals surface area (Å²) in [6.45, 7) is 3.69. The van der Waals surface area contributed by atoms with Crippen molar-refractivity contribution < 1.29 is 8.42 Å². The smallest absolute Gasteiger partial charge is 0.267 e. The molecular weight excluding hydrogens is 264 g/mol. The van der Waals surface area contributed by atoms with E-state index >= 15 is 0 Å². The minimum atomic E-state index is -3.73. The van der Waals surface area contributed by atoms with Gasteiger partial charge in [-0.1, -0.05) is 18.2 Å². The molecule has 0 aliphatic carbocycles. The van der Waals surface area contributed by atoms with Crippen molar-refractivity contribution in [1.29, 1.82) is 0 Å². The fraction of sp³-hybridized carbons (Fsp3) is 0.250. The largest absolute Gasteiger partial charge is 0.381 e. The number of nitrogens with zero attached hydrogens (tertiary/aromatic N) is 2. The van der Waals surface area contributed by atoms with E-state index in [-0.39, 0.29) is 10.7 Å². The van der Waals surface area contributed by atoms with Gasteiger partial charge in [-0.25, -0.2) is 8.42 Å². The summed E-state index contributed by atoms with van der Waals surface area (Å²) in [5.74, 6) is -0.0127. The highest BCUT2D eigenvalue weighted by atomic mass is 32.2. The number of anilines is 2. The van der Waals surface area contributed by atoms with Crippen LogP contribution in [-0.2, 0) is 17.1 Å². The molecule has 0 unspecified atom stereocenters. The van der Waals surface area contributed by atoms with Crippen molar-refractivity contribution in [3.05, 3.63) is 35.5 Å². The lowest BCUT2D eigenvalue weighted by molar-refractivity contribution is 0.601. The first-order valence-electron chi connectivity index (χ1n) is 5.69. The number of para-hydroxylation sites is 1. The van der Waals surface area contributed by atoms with Gasteiger partial charge in [-0.3, -0.25) is 9.40 Å². The summed E-state index contributed by atoms with van der Waals surface area (Å²) in [6, 6.07) is 5.57. The predicted molar refractivity (Wildman–Crippen MR) is 74.3 cm³/mol. The Labute approximate surface area is 112 Å². The third-order valence-electron chi connectivity index (χ3n) is 2.83. The Morgan fingerprint density at radius 2 is 1.84 bits per heavy atom. The molecule has 0 radical (unpaired) electrons. The Morgan fingerprint density at radius 1 is 1.26 bits per heavy atom. The first-order valence-corrected chi connectivity index (χ1v) is 7.18. The molecule has 0 spiro atoms. The lowest BCUT2D eigenvalue weighted by atomic mass is 10.1. The fourth-order valence-corrected chi connectivity index (χ4v) is 3.16. The zero-order valence-electron chi connectivity index (χ0n) is 11.0. The molecule has 0 atom stereocenters. The summed E-state index contributed by atoms with van der Waals surface area (Å²) >= 11 is 0. The van der Waals surface area contributed by atoms with E-state index in [1.54, 1.807) is 7.05 Å². The summed E-state index contributed by atoms with van der Waals surface area (Å²) in [6.07, 6.45) is 1.38. The molecule has 0 aliphatic heterocycles. The minimum Gasteiger partial charge on any atom is -0.381 e. The van der Waals surface area contributed by atoms with Crippen LogP contribution in [0.15, 0.2) is 29.3 Å². The Bertz CT molecular complexity index is 699. The number of sulfonamides is 1. The van der Waals surface area contributed by atoms with Crippen molar-refractivity contribution in [3.63, 3.8) is 0 Å². The Balaban J connectivity index is 2.45. The Kier molecular flexibility index (Phi) is 3.23. The van der Waals surface area contributed by atoms with Crippen LogP contribution < -0.4 is 10.5 Å². The monoisotopic (exact) mass is 280 g/mol. The molecule has 0 amide bonds. The molecule has 0 fully saturated rings. The van der Waals surface area contributed by atoms with Crippen LogP contribution in [0.2, 0.25) is 0 Å². The van der Waals surface area contributed by atoms with Gasteiger partial charge in [-0.2, -0.15) is 5.10 Å². The van der Waals surface area contributed by atoms with Crippen molar-refractivity contribution in [2.24, 2.45) is 7.05 Å². The van der Waals surface area contributed by atoms with Crippen molar-refractivity contribution in [2.45, 2.75) is 18.7 Å². The number of nitrogens with two attached hydrogens (primary N) is 1. The van der Waals surface area contributed by atoms with E-state index in [1.807, 2.05) is 32.0 Å². The number of hydrogen-bond acceptors (Lipinski definition) is 4. The minimum absolute atomic E-state index is 0.0127. The van der Waals surface area contributed by atoms with E-state index in [9.17, 15) is 8.42 Å². The van der Waals surface area contributed by atoms with Crippen molar-refractivity contribution in [1.82, 2.24) is 9.78 Å². The van der Waals surface area contributed by atoms with Crippen LogP contribution in [0.4, 0.5) is 11.5 Å². The van der Waals surface area contributed by atoms with Gasteiger partial charge >= 0.3 is 0 Å². The van der Waals surface area contributed by atoms with Crippen LogP contribution in [-0.4, -0.2) is 18.2 Å². The maximum absolute atomic E-state index is 12.3. The highest BCUT2D eigenvalue weighted by Gasteiger charge is 2.21. The normalized spacial score (nSPS) is 11.5. The SMILES string of the molecule is Cc1cccc(C)c1NS(=O)(=O)c1cn(C)nc1N. The van der Waals surface area contributed by atoms with Gasteiger partial charge in [0.1, 0.15) is 4.90 Å². The second-order valence-corrected chi connectivity index (χ2v) is 6.08. The molecule has 2 rings (SSSR count). The van der Waals surface area contributed by atoms with Gasteiger partial charge in [-0.05, 0) is 25.0 Å². The highest BCUT2D eigenvalue weighted by Crippen LogP contribution is 2.25. The first-order chi connectivity index (χ1) is 8.81. The zero-order chi connectivity index (χ0) is 14.2. The maximum Gasteiger partial charge on any atom is 0.267 e. The van der Waals surface area contributed by atoms with Crippen LogP contribution in [0.5, 0.6) is 0 Å². The topological polar surface area (TPSA) is 90.0 Å². The van der Waals surface area contributed by atoms with Crippen LogP contribution >= 0.6 is 0 Å². The van der Waals surface area contributed by atoms with Crippen LogP contribution in [0.1, 0.15) is 11.1 Å². The van der Waals surface area contributed by atoms with Gasteiger partial charge in [0.15, 0.2) is 5.82 Å². The zero-order valence-corrected chi connectivity index (χ0v) is 11.8. The molecule has 0 bridgehead atoms. The molecule has 102 valence electrons. The Morgan fingerprint density at radius 3 is 2.32 bits per heavy atom. The van der Waals surface area contributed by atoms with Crippen molar-refractivity contribution in [3.8, 4) is 0 Å². The maximum atomic E-state index is 12.3. The summed E-state index contributed by atoms with van der Waals surface area (Å²) in [4.78, 5) is -0.0161. The molecule has 0 aliphatic rings. The number of rotatable bonds is 3. The van der Waals surface area contributed by atoms with Crippen LogP contribution in [0, 0.1) is 13.8 Å². The first kappa shape index (κ1) is 13.4. The van der Waals surface area contributed by atoms with Gasteiger partial charge in [0, 0.05) is 13.2 Å². The number of aromatic nitrogens is 2. The molecule has 0 saturated carbocycles. The van der Waals surface area contributed by atoms with Crippen molar-refractivity contribution >= 4 is 21.5 Å². The van der Waals surface area contributed by atoms with Gasteiger partial charge < -0.3 is 5.73 Å². The second-order valence-electron chi connectivity index (χ2n) is 4.42. The highest BCUT2D eigenvalue weighted by molar-refractivity contribution is 7.92. The fourth-order valence-electron chi connectivity index (χ4n) is 1.86. The second kappa shape index (κ2) is 4.58. The number of benzene rings is 1. The van der Waals surface area contributed by atoms with Gasteiger partial charge in [0.2, 0.25) is 0 Å². The average Bonchev–Trinajstić information content (AvgIpc) is 2.64. The van der Waals surface area contributed by atoms with E-state index in [1.165, 1.54) is 10.9 Å². The number of hydrogen-bond donors (Lipinski definition) is 2.